The van der Waals surface area contributed by atoms with Gasteiger partial charge in [-0.3, -0.25) is 4.79 Å². The van der Waals surface area contributed by atoms with Crippen molar-refractivity contribution in [1.29, 1.82) is 0 Å². The lowest BCUT2D eigenvalue weighted by Crippen LogP contribution is -2.28. The molecule has 64 valence electrons. The summed E-state index contributed by atoms with van der Waals surface area (Å²) in [6, 6.07) is 0. The van der Waals surface area contributed by atoms with Crippen LogP contribution in [0.3, 0.4) is 0 Å². The largest absolute Gasteiger partial charge is 0.378 e. The average Bonchev–Trinajstić information content (AvgIpc) is 2.06. The van der Waals surface area contributed by atoms with Crippen molar-refractivity contribution < 1.29 is 9.53 Å². The number of amides is 1. The number of rotatable bonds is 2. The van der Waals surface area contributed by atoms with Crippen LogP contribution in [-0.2, 0) is 9.53 Å². The van der Waals surface area contributed by atoms with E-state index in [9.17, 15) is 4.79 Å². The second-order valence-electron chi connectivity index (χ2n) is 2.87. The van der Waals surface area contributed by atoms with E-state index in [0.717, 1.165) is 19.4 Å². The second-order valence-corrected chi connectivity index (χ2v) is 2.87. The van der Waals surface area contributed by atoms with E-state index in [2.05, 4.69) is 5.32 Å². The van der Waals surface area contributed by atoms with Gasteiger partial charge in [-0.05, 0) is 19.3 Å². The standard InChI is InChI=1S/C8H15NO2/c1-9-8(10)6-7-4-2-3-5-11-7/h7H,2-6H2,1H3,(H,9,10). The van der Waals surface area contributed by atoms with E-state index >= 15 is 0 Å². The summed E-state index contributed by atoms with van der Waals surface area (Å²) in [5.74, 6) is 0.0805. The molecule has 0 aliphatic carbocycles. The lowest BCUT2D eigenvalue weighted by atomic mass is 10.1. The Bertz CT molecular complexity index is 130. The van der Waals surface area contributed by atoms with Gasteiger partial charge < -0.3 is 10.1 Å². The molecular formula is C8H15NO2. The number of ether oxygens (including phenoxy) is 1. The Morgan fingerprint density at radius 1 is 1.64 bits per heavy atom. The van der Waals surface area contributed by atoms with Gasteiger partial charge in [-0.1, -0.05) is 0 Å². The minimum atomic E-state index is 0.0805. The van der Waals surface area contributed by atoms with E-state index in [1.807, 2.05) is 0 Å². The van der Waals surface area contributed by atoms with Crippen LogP contribution < -0.4 is 5.32 Å². The summed E-state index contributed by atoms with van der Waals surface area (Å²) in [6.45, 7) is 0.821. The van der Waals surface area contributed by atoms with E-state index in [1.54, 1.807) is 7.05 Å². The van der Waals surface area contributed by atoms with Gasteiger partial charge in [0.15, 0.2) is 0 Å². The fraction of sp³-hybridized carbons (Fsp3) is 0.875. The molecule has 1 aliphatic rings. The second kappa shape index (κ2) is 4.34. The molecule has 11 heavy (non-hydrogen) atoms. The molecule has 3 nitrogen and oxygen atoms in total. The fourth-order valence-corrected chi connectivity index (χ4v) is 1.28. The predicted molar refractivity (Wildman–Crippen MR) is 42.3 cm³/mol. The molecule has 1 amide bonds. The maximum absolute atomic E-state index is 10.9. The van der Waals surface area contributed by atoms with Gasteiger partial charge in [0.1, 0.15) is 0 Å². The Hall–Kier alpha value is -0.570. The maximum Gasteiger partial charge on any atom is 0.222 e. The van der Waals surface area contributed by atoms with Crippen LogP contribution in [0.2, 0.25) is 0 Å². The van der Waals surface area contributed by atoms with Gasteiger partial charge in [0, 0.05) is 13.7 Å². The molecule has 1 atom stereocenters. The Balaban J connectivity index is 2.19. The van der Waals surface area contributed by atoms with E-state index in [-0.39, 0.29) is 12.0 Å². The molecule has 0 saturated carbocycles. The normalized spacial score (nSPS) is 24.6. The number of carbonyl (C=O) groups is 1. The molecule has 0 bridgehead atoms. The highest BCUT2D eigenvalue weighted by Crippen LogP contribution is 2.14. The zero-order valence-corrected chi connectivity index (χ0v) is 6.93. The first kappa shape index (κ1) is 8.53. The summed E-state index contributed by atoms with van der Waals surface area (Å²) < 4.78 is 5.39. The van der Waals surface area contributed by atoms with Crippen molar-refractivity contribution in [1.82, 2.24) is 5.32 Å². The highest BCUT2D eigenvalue weighted by Gasteiger charge is 2.16. The Morgan fingerprint density at radius 3 is 3.00 bits per heavy atom. The van der Waals surface area contributed by atoms with Crippen LogP contribution in [0, 0.1) is 0 Å². The van der Waals surface area contributed by atoms with E-state index in [4.69, 9.17) is 4.74 Å². The summed E-state index contributed by atoms with van der Waals surface area (Å²) in [6.07, 6.45) is 4.07. The van der Waals surface area contributed by atoms with Crippen molar-refractivity contribution in [3.63, 3.8) is 0 Å². The van der Waals surface area contributed by atoms with Gasteiger partial charge in [0.05, 0.1) is 12.5 Å². The maximum atomic E-state index is 10.9. The third-order valence-electron chi connectivity index (χ3n) is 1.97. The zero-order valence-electron chi connectivity index (χ0n) is 6.93. The van der Waals surface area contributed by atoms with Gasteiger partial charge in [-0.25, -0.2) is 0 Å². The van der Waals surface area contributed by atoms with Crippen LogP contribution in [0.25, 0.3) is 0 Å². The molecule has 1 unspecified atom stereocenters. The highest BCUT2D eigenvalue weighted by molar-refractivity contribution is 5.76. The van der Waals surface area contributed by atoms with Crippen molar-refractivity contribution in [2.24, 2.45) is 0 Å². The molecule has 1 saturated heterocycles. The van der Waals surface area contributed by atoms with Crippen molar-refractivity contribution in [3.8, 4) is 0 Å². The molecule has 0 aromatic heterocycles. The van der Waals surface area contributed by atoms with Crippen LogP contribution in [0.15, 0.2) is 0 Å². The molecule has 1 heterocycles. The molecule has 0 aromatic carbocycles. The molecule has 0 radical (unpaired) electrons. The van der Waals surface area contributed by atoms with Crippen LogP contribution in [-0.4, -0.2) is 25.7 Å². The summed E-state index contributed by atoms with van der Waals surface area (Å²) in [5.41, 5.74) is 0. The third kappa shape index (κ3) is 2.89. The first-order valence-electron chi connectivity index (χ1n) is 4.15. The van der Waals surface area contributed by atoms with E-state index in [0.29, 0.717) is 6.42 Å². The lowest BCUT2D eigenvalue weighted by molar-refractivity contribution is -0.124. The molecule has 0 spiro atoms. The zero-order chi connectivity index (χ0) is 8.10. The topological polar surface area (TPSA) is 38.3 Å². The van der Waals surface area contributed by atoms with Crippen molar-refractivity contribution in [3.05, 3.63) is 0 Å². The molecule has 1 N–H and O–H groups in total. The van der Waals surface area contributed by atoms with Gasteiger partial charge >= 0.3 is 0 Å². The van der Waals surface area contributed by atoms with Crippen LogP contribution in [0.4, 0.5) is 0 Å². The number of carbonyl (C=O) groups excluding carboxylic acids is 1. The van der Waals surface area contributed by atoms with Crippen molar-refractivity contribution >= 4 is 5.91 Å². The molecule has 1 rings (SSSR count). The Kier molecular flexibility index (Phi) is 3.36. The fourth-order valence-electron chi connectivity index (χ4n) is 1.28. The third-order valence-corrected chi connectivity index (χ3v) is 1.97. The molecule has 3 heteroatoms. The van der Waals surface area contributed by atoms with Crippen LogP contribution in [0.5, 0.6) is 0 Å². The highest BCUT2D eigenvalue weighted by atomic mass is 16.5. The molecule has 1 aliphatic heterocycles. The van der Waals surface area contributed by atoms with Gasteiger partial charge in [0.25, 0.3) is 0 Å². The molecule has 0 aromatic rings. The average molecular weight is 157 g/mol. The Morgan fingerprint density at radius 2 is 2.45 bits per heavy atom. The summed E-state index contributed by atoms with van der Waals surface area (Å²) in [4.78, 5) is 10.9. The minimum absolute atomic E-state index is 0.0805. The van der Waals surface area contributed by atoms with Gasteiger partial charge in [0.2, 0.25) is 5.91 Å². The number of hydrogen-bond acceptors (Lipinski definition) is 2. The van der Waals surface area contributed by atoms with Crippen molar-refractivity contribution in [2.45, 2.75) is 31.8 Å². The number of hydrogen-bond donors (Lipinski definition) is 1. The van der Waals surface area contributed by atoms with Gasteiger partial charge in [-0.2, -0.15) is 0 Å². The molecule has 1 fully saturated rings. The van der Waals surface area contributed by atoms with Crippen LogP contribution >= 0.6 is 0 Å². The van der Waals surface area contributed by atoms with E-state index < -0.39 is 0 Å². The summed E-state index contributed by atoms with van der Waals surface area (Å²) in [7, 11) is 1.66. The lowest BCUT2D eigenvalue weighted by Gasteiger charge is -2.21. The first-order valence-corrected chi connectivity index (χ1v) is 4.15. The SMILES string of the molecule is CNC(=O)CC1CCCCO1. The molecular weight excluding hydrogens is 142 g/mol. The van der Waals surface area contributed by atoms with Crippen LogP contribution in [0.1, 0.15) is 25.7 Å². The minimum Gasteiger partial charge on any atom is -0.378 e. The predicted octanol–water partition coefficient (Wildman–Crippen LogP) is 0.692. The first-order chi connectivity index (χ1) is 5.33. The summed E-state index contributed by atoms with van der Waals surface area (Å²) >= 11 is 0. The Labute approximate surface area is 67.1 Å². The van der Waals surface area contributed by atoms with E-state index in [1.165, 1.54) is 6.42 Å². The van der Waals surface area contributed by atoms with Gasteiger partial charge in [-0.15, -0.1) is 0 Å². The monoisotopic (exact) mass is 157 g/mol. The smallest absolute Gasteiger partial charge is 0.222 e. The number of nitrogens with one attached hydrogen (secondary N) is 1. The summed E-state index contributed by atoms with van der Waals surface area (Å²) in [5, 5.41) is 2.59. The van der Waals surface area contributed by atoms with Crippen molar-refractivity contribution in [2.75, 3.05) is 13.7 Å². The quantitative estimate of drug-likeness (QED) is 0.640.